The molecule has 1 saturated heterocycles. The third-order valence-corrected chi connectivity index (χ3v) is 4.63. The third kappa shape index (κ3) is 5.32. The number of nitrogens with one attached hydrogen (secondary N) is 2. The Morgan fingerprint density at radius 3 is 2.69 bits per heavy atom. The maximum atomic E-state index is 12.7. The summed E-state index contributed by atoms with van der Waals surface area (Å²) in [4.78, 5) is 36.7. The molecule has 1 fully saturated rings. The van der Waals surface area contributed by atoms with Gasteiger partial charge in [0.25, 0.3) is 0 Å². The minimum absolute atomic E-state index is 0.0206. The molecular formula is C18H26N2O6. The largest absolute Gasteiger partial charge is 0.469 e. The lowest BCUT2D eigenvalue weighted by molar-refractivity contribution is -0.128. The molecule has 0 bridgehead atoms. The number of Topliss-reactive ketones (excluding diaryl/α,β-unsaturated/α-hetero) is 1. The summed E-state index contributed by atoms with van der Waals surface area (Å²) in [7, 11) is 0. The molecule has 1 aromatic rings. The molecule has 0 radical (unpaired) electrons. The smallest absolute Gasteiger partial charge is 0.413 e. The lowest BCUT2D eigenvalue weighted by Gasteiger charge is -2.29. The summed E-state index contributed by atoms with van der Waals surface area (Å²) in [5.74, 6) is -0.379. The molecule has 0 spiro atoms. The highest BCUT2D eigenvalue weighted by atomic mass is 16.6. The number of hydrogen-bond acceptors (Lipinski definition) is 6. The number of carbonyl (C=O) groups excluding carboxylic acids is 3. The molecule has 0 aromatic carbocycles. The standard InChI is InChI=1S/C18H26N2O6/c1-5-18(3,4)8-13(19-17(23)26-12-6-7-24-9-12)16(22)20-15-11(2)25-10-14(15)21/h6-7,9,11,13,15H,5,8,10H2,1-4H3,(H,19,23)(H,20,22)/t11-,13-,15-/m0/s1. The second-order valence-corrected chi connectivity index (χ2v) is 7.24. The van der Waals surface area contributed by atoms with Crippen LogP contribution in [0.3, 0.4) is 0 Å². The van der Waals surface area contributed by atoms with Crippen LogP contribution in [0.15, 0.2) is 23.0 Å². The molecule has 1 aliphatic heterocycles. The van der Waals surface area contributed by atoms with E-state index in [1.54, 1.807) is 6.92 Å². The van der Waals surface area contributed by atoms with Gasteiger partial charge in [-0.2, -0.15) is 0 Å². The van der Waals surface area contributed by atoms with Gasteiger partial charge in [0.2, 0.25) is 5.91 Å². The van der Waals surface area contributed by atoms with Crippen LogP contribution in [0.25, 0.3) is 0 Å². The molecular weight excluding hydrogens is 340 g/mol. The van der Waals surface area contributed by atoms with Crippen LogP contribution in [-0.4, -0.2) is 42.6 Å². The van der Waals surface area contributed by atoms with Crippen LogP contribution >= 0.6 is 0 Å². The third-order valence-electron chi connectivity index (χ3n) is 4.63. The van der Waals surface area contributed by atoms with Crippen LogP contribution in [0.2, 0.25) is 0 Å². The van der Waals surface area contributed by atoms with Crippen LogP contribution < -0.4 is 15.4 Å². The van der Waals surface area contributed by atoms with E-state index >= 15 is 0 Å². The Labute approximate surface area is 152 Å². The van der Waals surface area contributed by atoms with E-state index < -0.39 is 30.2 Å². The molecule has 144 valence electrons. The summed E-state index contributed by atoms with van der Waals surface area (Å²) < 4.78 is 15.2. The van der Waals surface area contributed by atoms with Gasteiger partial charge in [-0.25, -0.2) is 4.79 Å². The summed E-state index contributed by atoms with van der Waals surface area (Å²) in [6, 6.07) is -0.0627. The Balaban J connectivity index is 2.05. The van der Waals surface area contributed by atoms with Crippen LogP contribution in [0, 0.1) is 5.41 Å². The highest BCUT2D eigenvalue weighted by Crippen LogP contribution is 2.26. The average molecular weight is 366 g/mol. The highest BCUT2D eigenvalue weighted by Gasteiger charge is 2.37. The van der Waals surface area contributed by atoms with E-state index in [0.29, 0.717) is 6.42 Å². The van der Waals surface area contributed by atoms with Crippen molar-refractivity contribution in [2.24, 2.45) is 5.41 Å². The number of amides is 2. The first-order chi connectivity index (χ1) is 12.2. The molecule has 2 rings (SSSR count). The van der Waals surface area contributed by atoms with E-state index in [1.165, 1.54) is 18.6 Å². The van der Waals surface area contributed by atoms with Gasteiger partial charge in [0.15, 0.2) is 11.5 Å². The second-order valence-electron chi connectivity index (χ2n) is 7.24. The summed E-state index contributed by atoms with van der Waals surface area (Å²) in [5.41, 5.74) is -0.188. The molecule has 1 aliphatic rings. The van der Waals surface area contributed by atoms with E-state index in [1.807, 2.05) is 20.8 Å². The van der Waals surface area contributed by atoms with Gasteiger partial charge in [-0.3, -0.25) is 9.59 Å². The quantitative estimate of drug-likeness (QED) is 0.765. The molecule has 0 saturated carbocycles. The summed E-state index contributed by atoms with van der Waals surface area (Å²) in [5, 5.41) is 5.27. The van der Waals surface area contributed by atoms with Crippen molar-refractivity contribution in [1.82, 2.24) is 10.6 Å². The SMILES string of the molecule is CCC(C)(C)C[C@H](NC(=O)Oc1ccoc1)C(=O)N[C@@H]1C(=O)CO[C@H]1C. The number of rotatable bonds is 7. The predicted molar refractivity (Wildman–Crippen MR) is 92.7 cm³/mol. The molecule has 0 unspecified atom stereocenters. The van der Waals surface area contributed by atoms with Gasteiger partial charge >= 0.3 is 6.09 Å². The van der Waals surface area contributed by atoms with Crippen molar-refractivity contribution in [2.45, 2.75) is 58.7 Å². The van der Waals surface area contributed by atoms with Crippen molar-refractivity contribution in [3.05, 3.63) is 18.6 Å². The van der Waals surface area contributed by atoms with Crippen molar-refractivity contribution >= 4 is 17.8 Å². The molecule has 26 heavy (non-hydrogen) atoms. The van der Waals surface area contributed by atoms with E-state index in [-0.39, 0.29) is 23.6 Å². The zero-order chi connectivity index (χ0) is 19.3. The fraction of sp³-hybridized carbons (Fsp3) is 0.611. The molecule has 2 heterocycles. The zero-order valence-electron chi connectivity index (χ0n) is 15.5. The maximum absolute atomic E-state index is 12.7. The minimum atomic E-state index is -0.843. The molecule has 2 amide bonds. The van der Waals surface area contributed by atoms with Gasteiger partial charge in [0.05, 0.1) is 12.4 Å². The maximum Gasteiger partial charge on any atom is 0.413 e. The number of ether oxygens (including phenoxy) is 2. The first kappa shape index (κ1) is 20.0. The fourth-order valence-corrected chi connectivity index (χ4v) is 2.61. The Morgan fingerprint density at radius 1 is 1.42 bits per heavy atom. The summed E-state index contributed by atoms with van der Waals surface area (Å²) in [6.07, 6.45) is 2.70. The monoisotopic (exact) mass is 366 g/mol. The molecule has 8 heteroatoms. The first-order valence-electron chi connectivity index (χ1n) is 8.67. The molecule has 2 N–H and O–H groups in total. The van der Waals surface area contributed by atoms with Crippen LogP contribution in [0.4, 0.5) is 4.79 Å². The van der Waals surface area contributed by atoms with Gasteiger partial charge in [-0.05, 0) is 18.8 Å². The van der Waals surface area contributed by atoms with E-state index in [4.69, 9.17) is 13.9 Å². The van der Waals surface area contributed by atoms with Crippen LogP contribution in [0.1, 0.15) is 40.5 Å². The van der Waals surface area contributed by atoms with Gasteiger partial charge in [-0.1, -0.05) is 27.2 Å². The van der Waals surface area contributed by atoms with Crippen molar-refractivity contribution in [3.8, 4) is 5.75 Å². The number of hydrogen-bond donors (Lipinski definition) is 2. The first-order valence-corrected chi connectivity index (χ1v) is 8.67. The van der Waals surface area contributed by atoms with Gasteiger partial charge in [-0.15, -0.1) is 0 Å². The topological polar surface area (TPSA) is 107 Å². The number of ketones is 1. The predicted octanol–water partition coefficient (Wildman–Crippen LogP) is 2.04. The lowest BCUT2D eigenvalue weighted by atomic mass is 9.83. The van der Waals surface area contributed by atoms with Crippen molar-refractivity contribution in [2.75, 3.05) is 6.61 Å². The fourth-order valence-electron chi connectivity index (χ4n) is 2.61. The zero-order valence-corrected chi connectivity index (χ0v) is 15.5. The number of carbonyl (C=O) groups is 3. The van der Waals surface area contributed by atoms with Gasteiger partial charge in [0.1, 0.15) is 25.0 Å². The van der Waals surface area contributed by atoms with Crippen LogP contribution in [0.5, 0.6) is 5.75 Å². The molecule has 8 nitrogen and oxygen atoms in total. The second kappa shape index (κ2) is 8.35. The van der Waals surface area contributed by atoms with E-state index in [9.17, 15) is 14.4 Å². The van der Waals surface area contributed by atoms with Crippen molar-refractivity contribution < 1.29 is 28.3 Å². The van der Waals surface area contributed by atoms with Crippen molar-refractivity contribution in [3.63, 3.8) is 0 Å². The molecule has 3 atom stereocenters. The molecule has 1 aromatic heterocycles. The average Bonchev–Trinajstić information content (AvgIpc) is 3.19. The van der Waals surface area contributed by atoms with Crippen molar-refractivity contribution in [1.29, 1.82) is 0 Å². The lowest BCUT2D eigenvalue weighted by Crippen LogP contribution is -2.54. The van der Waals surface area contributed by atoms with Gasteiger partial charge in [0, 0.05) is 6.07 Å². The Hall–Kier alpha value is -2.35. The molecule has 0 aliphatic carbocycles. The van der Waals surface area contributed by atoms with E-state index in [0.717, 1.165) is 6.42 Å². The Bertz CT molecular complexity index is 640. The number of furan rings is 1. The summed E-state index contributed by atoms with van der Waals surface area (Å²) >= 11 is 0. The Kier molecular flexibility index (Phi) is 6.42. The minimum Gasteiger partial charge on any atom is -0.469 e. The highest BCUT2D eigenvalue weighted by molar-refractivity contribution is 5.94. The normalized spacial score (nSPS) is 21.3. The summed E-state index contributed by atoms with van der Waals surface area (Å²) in [6.45, 7) is 7.72. The van der Waals surface area contributed by atoms with Crippen LogP contribution in [-0.2, 0) is 14.3 Å². The Morgan fingerprint density at radius 2 is 2.15 bits per heavy atom. The van der Waals surface area contributed by atoms with E-state index in [2.05, 4.69) is 10.6 Å². The van der Waals surface area contributed by atoms with Gasteiger partial charge < -0.3 is 24.5 Å².